The molecule has 0 amide bonds. The number of aliphatic hydroxyl groups is 1. The van der Waals surface area contributed by atoms with Crippen molar-refractivity contribution >= 4 is 11.8 Å². The molecule has 0 aromatic carbocycles. The molecule has 0 bridgehead atoms. The number of nitrogens with one attached hydrogen (secondary N) is 1. The van der Waals surface area contributed by atoms with E-state index in [1.807, 2.05) is 11.8 Å². The summed E-state index contributed by atoms with van der Waals surface area (Å²) in [7, 11) is 0. The summed E-state index contributed by atoms with van der Waals surface area (Å²) in [5, 5.41) is 13.1. The van der Waals surface area contributed by atoms with Gasteiger partial charge < -0.3 is 16.2 Å². The van der Waals surface area contributed by atoms with Gasteiger partial charge in [-0.1, -0.05) is 6.42 Å². The Bertz CT molecular complexity index is 219. The van der Waals surface area contributed by atoms with Crippen LogP contribution >= 0.6 is 11.8 Å². The molecule has 4 N–H and O–H groups in total. The van der Waals surface area contributed by atoms with Crippen LogP contribution in [-0.2, 0) is 0 Å². The first-order valence-electron chi connectivity index (χ1n) is 6.46. The molecule has 3 nitrogen and oxygen atoms in total. The molecule has 4 heteroatoms. The Morgan fingerprint density at radius 3 is 2.69 bits per heavy atom. The SMILES string of the molecule is NCC1(NC2CCCC2CO)CCSCC1. The third-order valence-corrected chi connectivity index (χ3v) is 5.21. The Hall–Kier alpha value is 0.230. The van der Waals surface area contributed by atoms with Crippen molar-refractivity contribution in [2.75, 3.05) is 24.7 Å². The molecule has 2 fully saturated rings. The largest absolute Gasteiger partial charge is 0.396 e. The molecule has 0 radical (unpaired) electrons. The van der Waals surface area contributed by atoms with Crippen LogP contribution in [-0.4, -0.2) is 41.3 Å². The highest BCUT2D eigenvalue weighted by atomic mass is 32.2. The maximum atomic E-state index is 9.35. The molecule has 0 aromatic heterocycles. The van der Waals surface area contributed by atoms with Gasteiger partial charge in [0.15, 0.2) is 0 Å². The molecule has 2 aliphatic rings. The fraction of sp³-hybridized carbons (Fsp3) is 1.00. The van der Waals surface area contributed by atoms with Gasteiger partial charge in [0.25, 0.3) is 0 Å². The molecule has 2 rings (SSSR count). The minimum Gasteiger partial charge on any atom is -0.396 e. The summed E-state index contributed by atoms with van der Waals surface area (Å²) in [6, 6.07) is 0.497. The van der Waals surface area contributed by atoms with E-state index in [9.17, 15) is 5.11 Å². The summed E-state index contributed by atoms with van der Waals surface area (Å²) in [5.41, 5.74) is 6.13. The Balaban J connectivity index is 1.94. The Kier molecular flexibility index (Phi) is 4.53. The Morgan fingerprint density at radius 2 is 2.06 bits per heavy atom. The van der Waals surface area contributed by atoms with Crippen LogP contribution in [0.4, 0.5) is 0 Å². The predicted octanol–water partition coefficient (Wildman–Crippen LogP) is 0.961. The summed E-state index contributed by atoms with van der Waals surface area (Å²) in [4.78, 5) is 0. The Labute approximate surface area is 103 Å². The molecule has 1 aliphatic heterocycles. The van der Waals surface area contributed by atoms with E-state index in [2.05, 4.69) is 5.32 Å². The first kappa shape index (κ1) is 12.7. The van der Waals surface area contributed by atoms with Gasteiger partial charge >= 0.3 is 0 Å². The zero-order chi connectivity index (χ0) is 11.4. The predicted molar refractivity (Wildman–Crippen MR) is 69.7 cm³/mol. The van der Waals surface area contributed by atoms with E-state index in [4.69, 9.17) is 5.73 Å². The molecular weight excluding hydrogens is 220 g/mol. The standard InChI is InChI=1S/C12H24N2OS/c13-9-12(4-6-16-7-5-12)14-11-3-1-2-10(11)8-15/h10-11,14-15H,1-9,13H2. The molecule has 0 spiro atoms. The van der Waals surface area contributed by atoms with Crippen LogP contribution < -0.4 is 11.1 Å². The normalized spacial score (nSPS) is 34.1. The van der Waals surface area contributed by atoms with Gasteiger partial charge in [0.1, 0.15) is 0 Å². The first-order valence-corrected chi connectivity index (χ1v) is 7.61. The molecule has 1 saturated heterocycles. The molecule has 1 heterocycles. The summed E-state index contributed by atoms with van der Waals surface area (Å²) in [5.74, 6) is 2.90. The maximum Gasteiger partial charge on any atom is 0.0474 e. The van der Waals surface area contributed by atoms with E-state index < -0.39 is 0 Å². The number of nitrogens with two attached hydrogens (primary N) is 1. The van der Waals surface area contributed by atoms with Crippen LogP contribution in [0.5, 0.6) is 0 Å². The van der Waals surface area contributed by atoms with Crippen molar-refractivity contribution in [3.05, 3.63) is 0 Å². The molecule has 1 saturated carbocycles. The van der Waals surface area contributed by atoms with Crippen LogP contribution in [0.25, 0.3) is 0 Å². The van der Waals surface area contributed by atoms with E-state index in [1.54, 1.807) is 0 Å². The van der Waals surface area contributed by atoms with Crippen molar-refractivity contribution in [3.63, 3.8) is 0 Å². The minimum atomic E-state index is 0.160. The van der Waals surface area contributed by atoms with Gasteiger partial charge in [-0.3, -0.25) is 0 Å². The molecule has 94 valence electrons. The first-order chi connectivity index (χ1) is 7.79. The molecule has 2 unspecified atom stereocenters. The fourth-order valence-electron chi connectivity index (χ4n) is 3.01. The summed E-state index contributed by atoms with van der Waals surface area (Å²) < 4.78 is 0. The second-order valence-corrected chi connectivity index (χ2v) is 6.45. The van der Waals surface area contributed by atoms with Gasteiger partial charge in [0.2, 0.25) is 0 Å². The van der Waals surface area contributed by atoms with Crippen molar-refractivity contribution in [2.24, 2.45) is 11.7 Å². The number of thioether (sulfide) groups is 1. The van der Waals surface area contributed by atoms with Crippen LogP contribution in [0, 0.1) is 5.92 Å². The molecule has 1 aliphatic carbocycles. The number of aliphatic hydroxyl groups excluding tert-OH is 1. The molecule has 16 heavy (non-hydrogen) atoms. The van der Waals surface area contributed by atoms with E-state index >= 15 is 0 Å². The van der Waals surface area contributed by atoms with Gasteiger partial charge in [-0.25, -0.2) is 0 Å². The van der Waals surface area contributed by atoms with Gasteiger partial charge in [0.05, 0.1) is 0 Å². The molecular formula is C12H24N2OS. The van der Waals surface area contributed by atoms with Crippen LogP contribution in [0.1, 0.15) is 32.1 Å². The van der Waals surface area contributed by atoms with E-state index in [1.165, 1.54) is 43.6 Å². The van der Waals surface area contributed by atoms with Crippen molar-refractivity contribution in [1.29, 1.82) is 0 Å². The number of hydrogen-bond donors (Lipinski definition) is 3. The van der Waals surface area contributed by atoms with Crippen molar-refractivity contribution in [1.82, 2.24) is 5.32 Å². The minimum absolute atomic E-state index is 0.160. The van der Waals surface area contributed by atoms with Crippen LogP contribution in [0.2, 0.25) is 0 Å². The number of hydrogen-bond acceptors (Lipinski definition) is 4. The molecule has 2 atom stereocenters. The summed E-state index contributed by atoms with van der Waals surface area (Å²) >= 11 is 2.03. The van der Waals surface area contributed by atoms with Crippen molar-refractivity contribution in [3.8, 4) is 0 Å². The highest BCUT2D eigenvalue weighted by molar-refractivity contribution is 7.99. The third kappa shape index (κ3) is 2.73. The average molecular weight is 244 g/mol. The van der Waals surface area contributed by atoms with Gasteiger partial charge in [-0.05, 0) is 43.1 Å². The molecule has 0 aromatic rings. The average Bonchev–Trinajstić information content (AvgIpc) is 2.77. The second-order valence-electron chi connectivity index (χ2n) is 5.22. The summed E-state index contributed by atoms with van der Waals surface area (Å²) in [6.45, 7) is 1.06. The second kappa shape index (κ2) is 5.71. The highest BCUT2D eigenvalue weighted by Gasteiger charge is 2.36. The third-order valence-electron chi connectivity index (χ3n) is 4.23. The lowest BCUT2D eigenvalue weighted by molar-refractivity contribution is 0.175. The lowest BCUT2D eigenvalue weighted by Crippen LogP contribution is -2.58. The smallest absolute Gasteiger partial charge is 0.0474 e. The highest BCUT2D eigenvalue weighted by Crippen LogP contribution is 2.31. The van der Waals surface area contributed by atoms with Crippen LogP contribution in [0.3, 0.4) is 0 Å². The van der Waals surface area contributed by atoms with Crippen molar-refractivity contribution < 1.29 is 5.11 Å². The monoisotopic (exact) mass is 244 g/mol. The van der Waals surface area contributed by atoms with Gasteiger partial charge in [-0.15, -0.1) is 0 Å². The van der Waals surface area contributed by atoms with Gasteiger partial charge in [0, 0.05) is 24.7 Å². The zero-order valence-corrected chi connectivity index (χ0v) is 10.8. The fourth-order valence-corrected chi connectivity index (χ4v) is 4.28. The van der Waals surface area contributed by atoms with E-state index in [-0.39, 0.29) is 5.54 Å². The van der Waals surface area contributed by atoms with Gasteiger partial charge in [-0.2, -0.15) is 11.8 Å². The van der Waals surface area contributed by atoms with Crippen molar-refractivity contribution in [2.45, 2.75) is 43.7 Å². The van der Waals surface area contributed by atoms with Crippen LogP contribution in [0.15, 0.2) is 0 Å². The quantitative estimate of drug-likeness (QED) is 0.689. The van der Waals surface area contributed by atoms with E-state index in [0.29, 0.717) is 18.6 Å². The number of rotatable bonds is 4. The zero-order valence-electron chi connectivity index (χ0n) is 9.95. The maximum absolute atomic E-state index is 9.35. The van der Waals surface area contributed by atoms with E-state index in [0.717, 1.165) is 6.54 Å². The lowest BCUT2D eigenvalue weighted by atomic mass is 9.89. The summed E-state index contributed by atoms with van der Waals surface area (Å²) in [6.07, 6.45) is 5.99. The Morgan fingerprint density at radius 1 is 1.31 bits per heavy atom. The lowest BCUT2D eigenvalue weighted by Gasteiger charge is -2.40. The topological polar surface area (TPSA) is 58.3 Å².